The van der Waals surface area contributed by atoms with Crippen molar-refractivity contribution in [3.63, 3.8) is 0 Å². The SMILES string of the molecule is COc1cccc(CNC(=O)NCCC(c2ccccc2)c2ccccc2)c1OC. The van der Waals surface area contributed by atoms with Crippen LogP contribution in [0.5, 0.6) is 11.5 Å². The van der Waals surface area contributed by atoms with Gasteiger partial charge in [-0.1, -0.05) is 72.8 Å². The fraction of sp³-hybridized carbons (Fsp3) is 0.240. The minimum absolute atomic E-state index is 0.209. The van der Waals surface area contributed by atoms with Crippen molar-refractivity contribution in [1.82, 2.24) is 10.6 Å². The third kappa shape index (κ3) is 5.54. The molecular weight excluding hydrogens is 376 g/mol. The Bertz CT molecular complexity index is 890. The lowest BCUT2D eigenvalue weighted by molar-refractivity contribution is 0.240. The number of hydrogen-bond acceptors (Lipinski definition) is 3. The molecule has 2 amide bonds. The first-order valence-electron chi connectivity index (χ1n) is 10.0. The summed E-state index contributed by atoms with van der Waals surface area (Å²) < 4.78 is 10.7. The van der Waals surface area contributed by atoms with E-state index < -0.39 is 0 Å². The number of hydrogen-bond donors (Lipinski definition) is 2. The predicted molar refractivity (Wildman–Crippen MR) is 119 cm³/mol. The number of urea groups is 1. The average Bonchev–Trinajstić information content (AvgIpc) is 2.81. The summed E-state index contributed by atoms with van der Waals surface area (Å²) in [5.74, 6) is 1.51. The van der Waals surface area contributed by atoms with Crippen LogP contribution in [0, 0.1) is 0 Å². The largest absolute Gasteiger partial charge is 0.493 e. The summed E-state index contributed by atoms with van der Waals surface area (Å²) in [6, 6.07) is 26.2. The van der Waals surface area contributed by atoms with Gasteiger partial charge in [0.1, 0.15) is 0 Å². The summed E-state index contributed by atoms with van der Waals surface area (Å²) in [6.45, 7) is 0.919. The highest BCUT2D eigenvalue weighted by Gasteiger charge is 2.14. The van der Waals surface area contributed by atoms with Crippen molar-refractivity contribution >= 4 is 6.03 Å². The molecule has 0 spiro atoms. The highest BCUT2D eigenvalue weighted by Crippen LogP contribution is 2.30. The van der Waals surface area contributed by atoms with Crippen molar-refractivity contribution in [3.8, 4) is 11.5 Å². The Balaban J connectivity index is 1.56. The second kappa shape index (κ2) is 10.9. The maximum absolute atomic E-state index is 12.3. The zero-order chi connectivity index (χ0) is 21.2. The highest BCUT2D eigenvalue weighted by atomic mass is 16.5. The van der Waals surface area contributed by atoms with Gasteiger partial charge in [0.05, 0.1) is 14.2 Å². The Labute approximate surface area is 178 Å². The summed E-state index contributed by atoms with van der Waals surface area (Å²) in [6.07, 6.45) is 0.809. The topological polar surface area (TPSA) is 59.6 Å². The molecule has 0 saturated carbocycles. The fourth-order valence-corrected chi connectivity index (χ4v) is 3.56. The molecule has 5 nitrogen and oxygen atoms in total. The molecule has 156 valence electrons. The molecule has 0 aliphatic rings. The standard InChI is InChI=1S/C25H28N2O3/c1-29-23-15-9-14-21(24(23)30-2)18-27-25(28)26-17-16-22(19-10-5-3-6-11-19)20-12-7-4-8-13-20/h3-15,22H,16-18H2,1-2H3,(H2,26,27,28). The number of amides is 2. The van der Waals surface area contributed by atoms with Gasteiger partial charge in [0.15, 0.2) is 11.5 Å². The van der Waals surface area contributed by atoms with E-state index in [4.69, 9.17) is 9.47 Å². The first kappa shape index (κ1) is 21.2. The van der Waals surface area contributed by atoms with E-state index in [9.17, 15) is 4.79 Å². The van der Waals surface area contributed by atoms with Crippen molar-refractivity contribution in [2.45, 2.75) is 18.9 Å². The molecule has 0 aliphatic heterocycles. The van der Waals surface area contributed by atoms with Crippen LogP contribution in [0.15, 0.2) is 78.9 Å². The van der Waals surface area contributed by atoms with Crippen LogP contribution in [0.3, 0.4) is 0 Å². The highest BCUT2D eigenvalue weighted by molar-refractivity contribution is 5.74. The first-order chi connectivity index (χ1) is 14.7. The Kier molecular flexibility index (Phi) is 7.72. The van der Waals surface area contributed by atoms with Crippen LogP contribution in [0.4, 0.5) is 4.79 Å². The molecule has 0 aliphatic carbocycles. The van der Waals surface area contributed by atoms with E-state index in [1.54, 1.807) is 14.2 Å². The van der Waals surface area contributed by atoms with E-state index in [2.05, 4.69) is 34.9 Å². The van der Waals surface area contributed by atoms with Crippen LogP contribution in [0.25, 0.3) is 0 Å². The zero-order valence-electron chi connectivity index (χ0n) is 17.4. The molecule has 3 aromatic carbocycles. The quantitative estimate of drug-likeness (QED) is 0.542. The molecular formula is C25H28N2O3. The second-order valence-electron chi connectivity index (χ2n) is 6.92. The van der Waals surface area contributed by atoms with Crippen LogP contribution >= 0.6 is 0 Å². The first-order valence-corrected chi connectivity index (χ1v) is 10.0. The monoisotopic (exact) mass is 404 g/mol. The number of nitrogens with one attached hydrogen (secondary N) is 2. The van der Waals surface area contributed by atoms with Crippen molar-refractivity contribution in [2.24, 2.45) is 0 Å². The molecule has 0 bridgehead atoms. The number of carbonyl (C=O) groups excluding carboxylic acids is 1. The lowest BCUT2D eigenvalue weighted by Gasteiger charge is -2.19. The lowest BCUT2D eigenvalue weighted by atomic mass is 9.88. The summed E-state index contributed by atoms with van der Waals surface area (Å²) >= 11 is 0. The number of rotatable bonds is 9. The van der Waals surface area contributed by atoms with Crippen molar-refractivity contribution in [3.05, 3.63) is 95.6 Å². The molecule has 0 aromatic heterocycles. The molecule has 30 heavy (non-hydrogen) atoms. The Morgan fingerprint density at radius 2 is 1.43 bits per heavy atom. The van der Waals surface area contributed by atoms with Gasteiger partial charge in [-0.15, -0.1) is 0 Å². The normalized spacial score (nSPS) is 10.5. The predicted octanol–water partition coefficient (Wildman–Crippen LogP) is 4.73. The van der Waals surface area contributed by atoms with Crippen LogP contribution in [-0.4, -0.2) is 26.8 Å². The molecule has 0 atom stereocenters. The molecule has 0 radical (unpaired) electrons. The van der Waals surface area contributed by atoms with Crippen LogP contribution < -0.4 is 20.1 Å². The van der Waals surface area contributed by atoms with Gasteiger partial charge in [-0.05, 0) is 23.6 Å². The Morgan fingerprint density at radius 1 is 0.800 bits per heavy atom. The Hall–Kier alpha value is -3.47. The molecule has 3 rings (SSSR count). The number of benzene rings is 3. The minimum Gasteiger partial charge on any atom is -0.493 e. The smallest absolute Gasteiger partial charge is 0.315 e. The minimum atomic E-state index is -0.209. The van der Waals surface area contributed by atoms with Gasteiger partial charge in [0, 0.05) is 24.6 Å². The molecule has 5 heteroatoms. The van der Waals surface area contributed by atoms with Gasteiger partial charge in [-0.2, -0.15) is 0 Å². The van der Waals surface area contributed by atoms with Crippen LogP contribution in [0.2, 0.25) is 0 Å². The summed E-state index contributed by atoms with van der Waals surface area (Å²) in [5.41, 5.74) is 3.34. The summed E-state index contributed by atoms with van der Waals surface area (Å²) in [4.78, 5) is 12.3. The zero-order valence-corrected chi connectivity index (χ0v) is 17.4. The van der Waals surface area contributed by atoms with E-state index in [1.807, 2.05) is 54.6 Å². The molecule has 0 saturated heterocycles. The third-order valence-corrected chi connectivity index (χ3v) is 5.05. The maximum atomic E-state index is 12.3. The van der Waals surface area contributed by atoms with E-state index in [-0.39, 0.29) is 11.9 Å². The Morgan fingerprint density at radius 3 is 2.00 bits per heavy atom. The lowest BCUT2D eigenvalue weighted by Crippen LogP contribution is -2.36. The van der Waals surface area contributed by atoms with E-state index in [0.29, 0.717) is 24.6 Å². The summed E-state index contributed by atoms with van der Waals surface area (Å²) in [5, 5.41) is 5.86. The second-order valence-corrected chi connectivity index (χ2v) is 6.92. The van der Waals surface area contributed by atoms with Crippen LogP contribution in [0.1, 0.15) is 29.0 Å². The van der Waals surface area contributed by atoms with E-state index in [1.165, 1.54) is 11.1 Å². The van der Waals surface area contributed by atoms with Gasteiger partial charge in [0.25, 0.3) is 0 Å². The molecule has 0 fully saturated rings. The van der Waals surface area contributed by atoms with Gasteiger partial charge in [-0.25, -0.2) is 4.79 Å². The molecule has 2 N–H and O–H groups in total. The van der Waals surface area contributed by atoms with Crippen molar-refractivity contribution in [2.75, 3.05) is 20.8 Å². The third-order valence-electron chi connectivity index (χ3n) is 5.05. The average molecular weight is 405 g/mol. The number of para-hydroxylation sites is 1. The van der Waals surface area contributed by atoms with Crippen molar-refractivity contribution < 1.29 is 14.3 Å². The fourth-order valence-electron chi connectivity index (χ4n) is 3.56. The maximum Gasteiger partial charge on any atom is 0.315 e. The molecule has 0 unspecified atom stereocenters. The molecule has 3 aromatic rings. The van der Waals surface area contributed by atoms with Crippen LogP contribution in [-0.2, 0) is 6.54 Å². The van der Waals surface area contributed by atoms with Crippen molar-refractivity contribution in [1.29, 1.82) is 0 Å². The van der Waals surface area contributed by atoms with Gasteiger partial charge >= 0.3 is 6.03 Å². The number of methoxy groups -OCH3 is 2. The molecule has 0 heterocycles. The number of carbonyl (C=O) groups is 1. The van der Waals surface area contributed by atoms with Gasteiger partial charge in [0.2, 0.25) is 0 Å². The van der Waals surface area contributed by atoms with E-state index >= 15 is 0 Å². The van der Waals surface area contributed by atoms with Gasteiger partial charge in [-0.3, -0.25) is 0 Å². The van der Waals surface area contributed by atoms with Gasteiger partial charge < -0.3 is 20.1 Å². The van der Waals surface area contributed by atoms with E-state index in [0.717, 1.165) is 12.0 Å². The summed E-state index contributed by atoms with van der Waals surface area (Å²) in [7, 11) is 3.19. The number of ether oxygens (including phenoxy) is 2.